The molecule has 0 aromatic carbocycles. The van der Waals surface area contributed by atoms with Crippen LogP contribution in [0.4, 0.5) is 37.7 Å². The van der Waals surface area contributed by atoms with Gasteiger partial charge < -0.3 is 30.8 Å². The molecule has 2 atom stereocenters. The van der Waals surface area contributed by atoms with Crippen molar-refractivity contribution in [3.8, 4) is 0 Å². The Kier molecular flexibility index (Phi) is 23.0. The van der Waals surface area contributed by atoms with Crippen molar-refractivity contribution in [3.63, 3.8) is 0 Å². The number of aromatic nitrogens is 2. The summed E-state index contributed by atoms with van der Waals surface area (Å²) in [6.07, 6.45) is 35.7. The topological polar surface area (TPSA) is 283 Å². The molecule has 24 heteroatoms. The Morgan fingerprint density at radius 3 is 1.12 bits per heavy atom. The number of allylic oxidation sites excluding steroid dienone is 22. The van der Waals surface area contributed by atoms with Gasteiger partial charge in [0.25, 0.3) is 0 Å². The molecule has 2 heterocycles. The fourth-order valence-corrected chi connectivity index (χ4v) is 7.94. The lowest BCUT2D eigenvalue weighted by Crippen LogP contribution is -2.49. The summed E-state index contributed by atoms with van der Waals surface area (Å²) in [5, 5.41) is 18.7. The number of carboxylic acids is 2. The minimum absolute atomic E-state index is 0.00950. The van der Waals surface area contributed by atoms with E-state index in [1.54, 1.807) is 21.5 Å². The monoisotopic (exact) mass is 1140 g/mol. The van der Waals surface area contributed by atoms with E-state index in [0.717, 1.165) is 33.4 Å². The van der Waals surface area contributed by atoms with Crippen LogP contribution in [0.3, 0.4) is 0 Å². The summed E-state index contributed by atoms with van der Waals surface area (Å²) >= 11 is 0. The van der Waals surface area contributed by atoms with Crippen LogP contribution >= 0.6 is 0 Å². The number of Topliss-reactive ketones (excluding diaryl/α,β-unsaturated/α-hetero) is 2. The van der Waals surface area contributed by atoms with Crippen molar-refractivity contribution in [3.05, 3.63) is 178 Å². The van der Waals surface area contributed by atoms with Crippen molar-refractivity contribution in [1.82, 2.24) is 0 Å². The SMILES string of the molecule is CC1=C(/C=C/C(C)=C/C=C/C(C)=C/C=C/C=C(C)/C=C/C=C(C)/C=C/C2=C(C)C(=O)C([n+]3ccc(C(=O)O)c(N)c3)CC2(C)C)C(C)(C)CC([n+]2ccc(C(=O)O)c(N)c2)C1=O.O=S(=O)([O-])C(F)(F)F.O=S(=O)([O-])C(F)(F)F. The molecule has 0 spiro atoms. The van der Waals surface area contributed by atoms with Crippen LogP contribution in [-0.2, 0) is 29.8 Å². The number of pyridine rings is 2. The van der Waals surface area contributed by atoms with Crippen LogP contribution in [-0.4, -0.2) is 70.7 Å². The molecule has 0 fully saturated rings. The summed E-state index contributed by atoms with van der Waals surface area (Å²) < 4.78 is 121. The number of aromatic carboxylic acids is 2. The molecule has 2 aliphatic carbocycles. The molecule has 78 heavy (non-hydrogen) atoms. The molecule has 0 bridgehead atoms. The van der Waals surface area contributed by atoms with Crippen molar-refractivity contribution in [1.29, 1.82) is 0 Å². The highest BCUT2D eigenvalue weighted by Gasteiger charge is 2.44. The van der Waals surface area contributed by atoms with Crippen LogP contribution < -0.4 is 20.6 Å². The summed E-state index contributed by atoms with van der Waals surface area (Å²) in [5.74, 6) is -2.22. The Hall–Kier alpha value is -7.28. The Balaban J connectivity index is 0.00000112. The maximum absolute atomic E-state index is 13.5. The van der Waals surface area contributed by atoms with Gasteiger partial charge in [-0.15, -0.1) is 0 Å². The molecule has 6 N–H and O–H groups in total. The van der Waals surface area contributed by atoms with Gasteiger partial charge >= 0.3 is 23.0 Å². The molecule has 16 nitrogen and oxygen atoms in total. The summed E-state index contributed by atoms with van der Waals surface area (Å²) in [6.45, 7) is 20.3. The van der Waals surface area contributed by atoms with Crippen LogP contribution in [0.1, 0.15) is 115 Å². The van der Waals surface area contributed by atoms with Gasteiger partial charge in [-0.2, -0.15) is 35.5 Å². The molecule has 2 unspecified atom stereocenters. The highest BCUT2D eigenvalue weighted by atomic mass is 32.2. The molecule has 4 rings (SSSR count). The minimum atomic E-state index is -6.09. The average Bonchev–Trinajstić information content (AvgIpc) is 3.28. The Morgan fingerprint density at radius 1 is 0.590 bits per heavy atom. The van der Waals surface area contributed by atoms with E-state index in [1.807, 2.05) is 127 Å². The van der Waals surface area contributed by atoms with E-state index in [1.165, 1.54) is 24.5 Å². The van der Waals surface area contributed by atoms with Gasteiger partial charge in [-0.3, -0.25) is 9.59 Å². The number of ketones is 2. The van der Waals surface area contributed by atoms with Gasteiger partial charge in [-0.25, -0.2) is 26.4 Å². The van der Waals surface area contributed by atoms with Gasteiger partial charge in [0, 0.05) is 36.1 Å². The maximum atomic E-state index is 13.5. The number of rotatable bonds is 14. The van der Waals surface area contributed by atoms with E-state index in [0.29, 0.717) is 24.0 Å². The first-order valence-corrected chi connectivity index (χ1v) is 26.1. The summed E-state index contributed by atoms with van der Waals surface area (Å²) in [5.41, 5.74) is 7.91. The van der Waals surface area contributed by atoms with E-state index in [4.69, 9.17) is 37.4 Å². The van der Waals surface area contributed by atoms with Crippen LogP contribution in [0.5, 0.6) is 0 Å². The molecule has 424 valence electrons. The maximum Gasteiger partial charge on any atom is 0.485 e. The number of halogens is 6. The first-order chi connectivity index (χ1) is 35.5. The second kappa shape index (κ2) is 26.9. The molecule has 2 aromatic rings. The van der Waals surface area contributed by atoms with E-state index >= 15 is 0 Å². The molecule has 0 radical (unpaired) electrons. The Bertz CT molecular complexity index is 3030. The third-order valence-electron chi connectivity index (χ3n) is 12.1. The van der Waals surface area contributed by atoms with Crippen LogP contribution in [0.25, 0.3) is 0 Å². The zero-order valence-electron chi connectivity index (χ0n) is 44.2. The van der Waals surface area contributed by atoms with Crippen LogP contribution in [0.2, 0.25) is 0 Å². The predicted molar refractivity (Wildman–Crippen MR) is 279 cm³/mol. The molecule has 2 aromatic heterocycles. The zero-order valence-corrected chi connectivity index (χ0v) is 45.9. The second-order valence-corrected chi connectivity index (χ2v) is 22.1. The number of carbonyl (C=O) groups is 4. The smallest absolute Gasteiger partial charge is 0.485 e. The molecule has 0 amide bonds. The van der Waals surface area contributed by atoms with Crippen LogP contribution in [0.15, 0.2) is 167 Å². The first kappa shape index (κ1) is 66.8. The third-order valence-corrected chi connectivity index (χ3v) is 13.2. The third kappa shape index (κ3) is 19.3. The Labute approximate surface area is 449 Å². The van der Waals surface area contributed by atoms with Gasteiger partial charge in [0.15, 0.2) is 45.0 Å². The zero-order chi connectivity index (χ0) is 60.1. The number of nitrogens with two attached hydrogens (primary N) is 2. The van der Waals surface area contributed by atoms with E-state index in [2.05, 4.69) is 27.7 Å². The normalized spacial score (nSPS) is 19.3. The lowest BCUT2D eigenvalue weighted by atomic mass is 9.70. The number of nitrogen functional groups attached to an aromatic ring is 2. The molecule has 0 aliphatic heterocycles. The summed E-state index contributed by atoms with van der Waals surface area (Å²) in [6, 6.07) is 1.94. The number of nitrogens with zero attached hydrogens (tertiary/aromatic N) is 2. The van der Waals surface area contributed by atoms with Crippen molar-refractivity contribution in [2.75, 3.05) is 11.5 Å². The fraction of sp³-hybridized carbons (Fsp3) is 0.333. The number of alkyl halides is 6. The van der Waals surface area contributed by atoms with Crippen molar-refractivity contribution < 1.29 is 90.8 Å². The van der Waals surface area contributed by atoms with E-state index in [-0.39, 0.29) is 44.9 Å². The number of hydrogen-bond donors (Lipinski definition) is 4. The van der Waals surface area contributed by atoms with E-state index in [9.17, 15) is 55.7 Å². The lowest BCUT2D eigenvalue weighted by Gasteiger charge is -2.34. The molecule has 0 saturated heterocycles. The number of hydrogen-bond acceptors (Lipinski definition) is 12. The number of carbonyl (C=O) groups excluding carboxylic acids is 2. The molecule has 2 aliphatic rings. The second-order valence-electron chi connectivity index (χ2n) is 19.4. The van der Waals surface area contributed by atoms with Crippen molar-refractivity contribution in [2.45, 2.75) is 105 Å². The van der Waals surface area contributed by atoms with Crippen molar-refractivity contribution >= 4 is 55.1 Å². The predicted octanol–water partition coefficient (Wildman–Crippen LogP) is 9.90. The Morgan fingerprint density at radius 2 is 0.859 bits per heavy atom. The number of carboxylic acid groups (broad SMARTS) is 2. The standard InChI is InChI=1S/C52H60N4O6.2CHF3O3S/c1-33(17-13-19-35(3)21-23-41-37(5)47(57)45(29-51(41,7)8)55-27-25-39(49(59)60)43(53)31-55)15-11-12-16-34(2)18-14-20-36(4)22-24-42-38(6)48(58)46(30-52(42,9)10)56-28-26-40(50(61)62)44(54)32-56;2*2-1(3,4)8(5,6)7/h11-28,31-32,45-46H,29-30,53-54H2,1-10H3;2*(H,5,6,7)/b12-11+,17-13+,18-14+,23-21+,24-22+,33-15+,34-16+,35-19+,36-20+;;. The highest BCUT2D eigenvalue weighted by molar-refractivity contribution is 7.86. The average molecular weight is 1140 g/mol. The quantitative estimate of drug-likeness (QED) is 0.0450. The van der Waals surface area contributed by atoms with Gasteiger partial charge in [0.05, 0.1) is 11.1 Å². The van der Waals surface area contributed by atoms with E-state index < -0.39 is 55.3 Å². The lowest BCUT2D eigenvalue weighted by molar-refractivity contribution is -0.710. The summed E-state index contributed by atoms with van der Waals surface area (Å²) in [7, 11) is -12.2. The minimum Gasteiger partial charge on any atom is -0.741 e. The van der Waals surface area contributed by atoms with Crippen molar-refractivity contribution in [2.24, 2.45) is 10.8 Å². The van der Waals surface area contributed by atoms with Gasteiger partial charge in [0.1, 0.15) is 11.4 Å². The van der Waals surface area contributed by atoms with Gasteiger partial charge in [-0.1, -0.05) is 135 Å². The van der Waals surface area contributed by atoms with Crippen LogP contribution in [0, 0.1) is 10.8 Å². The number of anilines is 2. The molecular weight excluding hydrogens is 1070 g/mol. The molecule has 0 saturated carbocycles. The molecular formula is C54H62F6N4O12S2. The first-order valence-electron chi connectivity index (χ1n) is 23.2. The largest absolute Gasteiger partial charge is 0.741 e. The highest BCUT2D eigenvalue weighted by Crippen LogP contribution is 2.44. The van der Waals surface area contributed by atoms with Gasteiger partial charge in [0.2, 0.25) is 23.7 Å². The fourth-order valence-electron chi connectivity index (χ4n) is 7.94. The van der Waals surface area contributed by atoms with Gasteiger partial charge in [-0.05, 0) is 63.5 Å². The summed E-state index contributed by atoms with van der Waals surface area (Å²) in [4.78, 5) is 49.8.